The number of aromatic nitrogens is 2. The molecule has 0 aliphatic rings. The maximum Gasteiger partial charge on any atom is 0.134 e. The van der Waals surface area contributed by atoms with Crippen molar-refractivity contribution in [2.45, 2.75) is 11.8 Å². The summed E-state index contributed by atoms with van der Waals surface area (Å²) in [6.07, 6.45) is 0. The zero-order valence-corrected chi connectivity index (χ0v) is 9.16. The second-order valence-electron chi connectivity index (χ2n) is 2.40. The molecule has 13 heavy (non-hydrogen) atoms. The van der Waals surface area contributed by atoms with Gasteiger partial charge in [-0.25, -0.2) is 9.97 Å². The van der Waals surface area contributed by atoms with E-state index in [0.717, 1.165) is 0 Å². The van der Waals surface area contributed by atoms with E-state index in [1.54, 1.807) is 13.0 Å². The lowest BCUT2D eigenvalue weighted by Crippen LogP contribution is -2.10. The summed E-state index contributed by atoms with van der Waals surface area (Å²) in [6.45, 7) is 2.19. The molecule has 1 N–H and O–H groups in total. The molecule has 1 heterocycles. The van der Waals surface area contributed by atoms with Crippen LogP contribution >= 0.6 is 34.8 Å². The van der Waals surface area contributed by atoms with Crippen LogP contribution in [-0.2, 0) is 0 Å². The highest BCUT2D eigenvalue weighted by molar-refractivity contribution is 6.44. The monoisotopic (exact) mass is 239 g/mol. The molecule has 0 aliphatic heterocycles. The summed E-state index contributed by atoms with van der Waals surface area (Å²) < 4.78 is 0. The average molecular weight is 241 g/mol. The van der Waals surface area contributed by atoms with Crippen LogP contribution in [0, 0.1) is 6.92 Å². The third kappa shape index (κ3) is 3.98. The highest BCUT2D eigenvalue weighted by atomic mass is 35.5. The number of nitrogens with one attached hydrogen (secondary N) is 1. The van der Waals surface area contributed by atoms with Gasteiger partial charge in [-0.1, -0.05) is 11.6 Å². The molecular weight excluding hydrogens is 232 g/mol. The number of halogens is 3. The second kappa shape index (κ2) is 4.84. The van der Waals surface area contributed by atoms with Crippen molar-refractivity contribution in [2.24, 2.45) is 0 Å². The molecule has 0 bridgehead atoms. The lowest BCUT2D eigenvalue weighted by molar-refractivity contribution is 1.03. The van der Waals surface area contributed by atoms with Crippen LogP contribution in [0.4, 0.5) is 5.82 Å². The summed E-state index contributed by atoms with van der Waals surface area (Å²) in [5.41, 5.74) is 0. The maximum atomic E-state index is 5.71. The smallest absolute Gasteiger partial charge is 0.134 e. The molecule has 0 aliphatic carbocycles. The minimum absolute atomic E-state index is 0.399. The van der Waals surface area contributed by atoms with Crippen LogP contribution in [0.1, 0.15) is 5.82 Å². The Kier molecular flexibility index (Phi) is 4.03. The number of alkyl halides is 2. The third-order valence-corrected chi connectivity index (χ3v) is 1.75. The Labute approximate surface area is 91.4 Å². The molecule has 0 spiro atoms. The highest BCUT2D eigenvalue weighted by Crippen LogP contribution is 2.12. The molecule has 0 fully saturated rings. The number of anilines is 1. The number of nitrogens with zero attached hydrogens (tertiary/aromatic N) is 2. The van der Waals surface area contributed by atoms with Gasteiger partial charge in [0, 0.05) is 12.6 Å². The van der Waals surface area contributed by atoms with E-state index in [1.807, 2.05) is 0 Å². The van der Waals surface area contributed by atoms with Gasteiger partial charge in [0.05, 0.1) is 0 Å². The van der Waals surface area contributed by atoms with Gasteiger partial charge in [0.15, 0.2) is 0 Å². The van der Waals surface area contributed by atoms with Crippen molar-refractivity contribution in [3.8, 4) is 0 Å². The predicted molar refractivity (Wildman–Crippen MR) is 55.8 cm³/mol. The van der Waals surface area contributed by atoms with Gasteiger partial charge >= 0.3 is 0 Å². The topological polar surface area (TPSA) is 37.8 Å². The molecule has 6 heteroatoms. The van der Waals surface area contributed by atoms with Crippen molar-refractivity contribution in [3.05, 3.63) is 17.0 Å². The summed E-state index contributed by atoms with van der Waals surface area (Å²) >= 11 is 16.8. The molecule has 0 radical (unpaired) electrons. The van der Waals surface area contributed by atoms with Crippen molar-refractivity contribution in [1.29, 1.82) is 0 Å². The van der Waals surface area contributed by atoms with E-state index in [4.69, 9.17) is 34.8 Å². The molecule has 0 saturated carbocycles. The van der Waals surface area contributed by atoms with Crippen LogP contribution in [0.2, 0.25) is 5.15 Å². The van der Waals surface area contributed by atoms with E-state index in [1.165, 1.54) is 0 Å². The number of hydrogen-bond acceptors (Lipinski definition) is 3. The molecule has 1 aromatic rings. The average Bonchev–Trinajstić information content (AvgIpc) is 1.99. The Morgan fingerprint density at radius 2 is 2.15 bits per heavy atom. The van der Waals surface area contributed by atoms with E-state index in [0.29, 0.717) is 23.3 Å². The van der Waals surface area contributed by atoms with Crippen LogP contribution in [-0.4, -0.2) is 21.3 Å². The minimum atomic E-state index is -0.464. The summed E-state index contributed by atoms with van der Waals surface area (Å²) in [5, 5.41) is 3.33. The van der Waals surface area contributed by atoms with Gasteiger partial charge in [-0.2, -0.15) is 0 Å². The van der Waals surface area contributed by atoms with Gasteiger partial charge in [-0.3, -0.25) is 0 Å². The summed E-state index contributed by atoms with van der Waals surface area (Å²) in [5.74, 6) is 1.24. The molecule has 0 unspecified atom stereocenters. The van der Waals surface area contributed by atoms with Crippen molar-refractivity contribution in [2.75, 3.05) is 11.9 Å². The van der Waals surface area contributed by atoms with Gasteiger partial charge in [0.1, 0.15) is 21.6 Å². The molecule has 72 valence electrons. The highest BCUT2D eigenvalue weighted by Gasteiger charge is 2.01. The largest absolute Gasteiger partial charge is 0.367 e. The van der Waals surface area contributed by atoms with E-state index in [2.05, 4.69) is 15.3 Å². The quantitative estimate of drug-likeness (QED) is 0.652. The van der Waals surface area contributed by atoms with Crippen molar-refractivity contribution >= 4 is 40.6 Å². The second-order valence-corrected chi connectivity index (χ2v) is 4.06. The predicted octanol–water partition coefficient (Wildman–Crippen LogP) is 2.65. The standard InChI is InChI=1S/C7H8Cl3N3/c1-4-12-6(10)2-7(13-4)11-3-5(8)9/h2,5H,3H2,1H3,(H,11,12,13). The molecule has 0 amide bonds. The van der Waals surface area contributed by atoms with Gasteiger partial charge in [-0.15, -0.1) is 23.2 Å². The van der Waals surface area contributed by atoms with Gasteiger partial charge in [0.2, 0.25) is 0 Å². The first-order chi connectivity index (χ1) is 6.08. The fourth-order valence-electron chi connectivity index (χ4n) is 0.804. The molecule has 1 rings (SSSR count). The first kappa shape index (κ1) is 10.8. The van der Waals surface area contributed by atoms with E-state index in [-0.39, 0.29) is 0 Å². The number of aryl methyl sites for hydroxylation is 1. The van der Waals surface area contributed by atoms with E-state index in [9.17, 15) is 0 Å². The zero-order chi connectivity index (χ0) is 9.84. The lowest BCUT2D eigenvalue weighted by Gasteiger charge is -2.06. The van der Waals surface area contributed by atoms with Crippen LogP contribution in [0.25, 0.3) is 0 Å². The van der Waals surface area contributed by atoms with Crippen molar-refractivity contribution in [3.63, 3.8) is 0 Å². The Balaban J connectivity index is 2.66. The van der Waals surface area contributed by atoms with Gasteiger partial charge in [0.25, 0.3) is 0 Å². The molecule has 0 atom stereocenters. The first-order valence-electron chi connectivity index (χ1n) is 3.61. The van der Waals surface area contributed by atoms with Gasteiger partial charge in [-0.05, 0) is 6.92 Å². The van der Waals surface area contributed by atoms with Crippen molar-refractivity contribution in [1.82, 2.24) is 9.97 Å². The molecular formula is C7H8Cl3N3. The first-order valence-corrected chi connectivity index (χ1v) is 4.86. The molecule has 0 aromatic carbocycles. The third-order valence-electron chi connectivity index (χ3n) is 1.24. The van der Waals surface area contributed by atoms with Crippen molar-refractivity contribution < 1.29 is 0 Å². The van der Waals surface area contributed by atoms with E-state index < -0.39 is 4.84 Å². The Bertz CT molecular complexity index is 270. The fraction of sp³-hybridized carbons (Fsp3) is 0.429. The summed E-state index contributed by atoms with van der Waals surface area (Å²) in [4.78, 5) is 7.53. The zero-order valence-electron chi connectivity index (χ0n) is 6.89. The normalized spacial score (nSPS) is 10.5. The van der Waals surface area contributed by atoms with E-state index >= 15 is 0 Å². The summed E-state index contributed by atoms with van der Waals surface area (Å²) in [7, 11) is 0. The van der Waals surface area contributed by atoms with Crippen LogP contribution in [0.3, 0.4) is 0 Å². The maximum absolute atomic E-state index is 5.71. The number of rotatable bonds is 3. The number of hydrogen-bond donors (Lipinski definition) is 1. The molecule has 1 aromatic heterocycles. The van der Waals surface area contributed by atoms with Crippen LogP contribution < -0.4 is 5.32 Å². The molecule has 0 saturated heterocycles. The SMILES string of the molecule is Cc1nc(Cl)cc(NCC(Cl)Cl)n1. The van der Waals surface area contributed by atoms with Crippen LogP contribution in [0.5, 0.6) is 0 Å². The van der Waals surface area contributed by atoms with Crippen LogP contribution in [0.15, 0.2) is 6.07 Å². The minimum Gasteiger partial charge on any atom is -0.367 e. The fourth-order valence-corrected chi connectivity index (χ4v) is 1.18. The van der Waals surface area contributed by atoms with Gasteiger partial charge < -0.3 is 5.32 Å². The lowest BCUT2D eigenvalue weighted by atomic mass is 10.5. The molecule has 3 nitrogen and oxygen atoms in total. The Hall–Kier alpha value is -0.250. The summed E-state index contributed by atoms with van der Waals surface area (Å²) in [6, 6.07) is 1.62. The Morgan fingerprint density at radius 3 is 2.69 bits per heavy atom. The Morgan fingerprint density at radius 1 is 1.46 bits per heavy atom.